The van der Waals surface area contributed by atoms with Gasteiger partial charge in [0, 0.05) is 24.2 Å². The van der Waals surface area contributed by atoms with Crippen LogP contribution >= 0.6 is 0 Å². The van der Waals surface area contributed by atoms with Crippen LogP contribution < -0.4 is 9.47 Å². The molecule has 1 N–H and O–H groups in total. The molecule has 0 saturated carbocycles. The van der Waals surface area contributed by atoms with E-state index in [4.69, 9.17) is 14.6 Å². The fourth-order valence-corrected chi connectivity index (χ4v) is 2.57. The number of ether oxygens (including phenoxy) is 2. The minimum Gasteiger partial charge on any atom is -0.497 e. The summed E-state index contributed by atoms with van der Waals surface area (Å²) >= 11 is 0. The smallest absolute Gasteiger partial charge is 0.303 e. The molecular formula is C20H19FN2O4. The lowest BCUT2D eigenvalue weighted by atomic mass is 10.1. The molecule has 0 radical (unpaired) electrons. The van der Waals surface area contributed by atoms with Crippen LogP contribution in [0.25, 0.3) is 5.69 Å². The molecule has 3 rings (SSSR count). The first kappa shape index (κ1) is 18.4. The second-order valence-corrected chi connectivity index (χ2v) is 5.94. The molecule has 0 aliphatic heterocycles. The Morgan fingerprint density at radius 1 is 1.19 bits per heavy atom. The molecule has 7 heteroatoms. The second-order valence-electron chi connectivity index (χ2n) is 5.94. The van der Waals surface area contributed by atoms with Gasteiger partial charge in [0.15, 0.2) is 0 Å². The van der Waals surface area contributed by atoms with Crippen LogP contribution in [-0.2, 0) is 17.8 Å². The van der Waals surface area contributed by atoms with Gasteiger partial charge < -0.3 is 14.6 Å². The molecule has 0 spiro atoms. The van der Waals surface area contributed by atoms with Crippen LogP contribution in [0, 0.1) is 5.82 Å². The summed E-state index contributed by atoms with van der Waals surface area (Å²) in [5.74, 6) is -0.0629. The fraction of sp³-hybridized carbons (Fsp3) is 0.200. The Hall–Kier alpha value is -3.35. The minimum absolute atomic E-state index is 0.0718. The summed E-state index contributed by atoms with van der Waals surface area (Å²) in [6.45, 7) is 0.258. The highest BCUT2D eigenvalue weighted by Gasteiger charge is 2.09. The summed E-state index contributed by atoms with van der Waals surface area (Å²) < 4.78 is 26.3. The SMILES string of the molecule is COc1ccc(F)c(-n2cc(COc3cccc(CCC(=O)O)c3)cn2)c1. The summed E-state index contributed by atoms with van der Waals surface area (Å²) in [6.07, 6.45) is 3.81. The molecule has 0 saturated heterocycles. The average Bonchev–Trinajstić information content (AvgIpc) is 3.14. The zero-order valence-corrected chi connectivity index (χ0v) is 14.8. The number of aryl methyl sites for hydroxylation is 1. The van der Waals surface area contributed by atoms with Gasteiger partial charge in [-0.2, -0.15) is 5.10 Å². The largest absolute Gasteiger partial charge is 0.497 e. The van der Waals surface area contributed by atoms with E-state index in [0.29, 0.717) is 17.9 Å². The number of nitrogens with zero attached hydrogens (tertiary/aromatic N) is 2. The van der Waals surface area contributed by atoms with Gasteiger partial charge in [-0.1, -0.05) is 12.1 Å². The zero-order chi connectivity index (χ0) is 19.2. The number of methoxy groups -OCH3 is 1. The Labute approximate surface area is 155 Å². The number of carboxylic acid groups (broad SMARTS) is 1. The van der Waals surface area contributed by atoms with Gasteiger partial charge in [-0.25, -0.2) is 9.07 Å². The maximum absolute atomic E-state index is 14.0. The number of hydrogen-bond acceptors (Lipinski definition) is 4. The number of benzene rings is 2. The van der Waals surface area contributed by atoms with E-state index < -0.39 is 11.8 Å². The molecule has 6 nitrogen and oxygen atoms in total. The van der Waals surface area contributed by atoms with Crippen molar-refractivity contribution in [3.63, 3.8) is 0 Å². The van der Waals surface area contributed by atoms with Gasteiger partial charge in [0.2, 0.25) is 0 Å². The standard InChI is InChI=1S/C20H19FN2O4/c1-26-16-6-7-18(21)19(10-16)23-12-15(11-22-23)13-27-17-4-2-3-14(9-17)5-8-20(24)25/h2-4,6-7,9-12H,5,8,13H2,1H3,(H,24,25). The summed E-state index contributed by atoms with van der Waals surface area (Å²) in [7, 11) is 1.52. The van der Waals surface area contributed by atoms with Gasteiger partial charge >= 0.3 is 5.97 Å². The molecule has 2 aromatic carbocycles. The maximum atomic E-state index is 14.0. The van der Waals surface area contributed by atoms with E-state index in [2.05, 4.69) is 5.10 Å². The summed E-state index contributed by atoms with van der Waals surface area (Å²) in [6, 6.07) is 11.7. The average molecular weight is 370 g/mol. The monoisotopic (exact) mass is 370 g/mol. The summed E-state index contributed by atoms with van der Waals surface area (Å²) in [5, 5.41) is 12.9. The Bertz CT molecular complexity index is 939. The van der Waals surface area contributed by atoms with Crippen molar-refractivity contribution >= 4 is 5.97 Å². The predicted octanol–water partition coefficient (Wildman–Crippen LogP) is 3.62. The number of carbonyl (C=O) groups is 1. The molecule has 0 bridgehead atoms. The predicted molar refractivity (Wildman–Crippen MR) is 96.8 cm³/mol. The Morgan fingerprint density at radius 2 is 2.04 bits per heavy atom. The lowest BCUT2D eigenvalue weighted by Gasteiger charge is -2.07. The highest BCUT2D eigenvalue weighted by atomic mass is 19.1. The first-order chi connectivity index (χ1) is 13.0. The molecule has 0 unspecified atom stereocenters. The normalized spacial score (nSPS) is 10.6. The first-order valence-corrected chi connectivity index (χ1v) is 8.36. The van der Waals surface area contributed by atoms with Gasteiger partial charge in [-0.3, -0.25) is 4.79 Å². The van der Waals surface area contributed by atoms with Crippen molar-refractivity contribution in [1.29, 1.82) is 0 Å². The minimum atomic E-state index is -0.835. The summed E-state index contributed by atoms with van der Waals surface area (Å²) in [5.41, 5.74) is 1.95. The first-order valence-electron chi connectivity index (χ1n) is 8.36. The molecule has 1 heterocycles. The molecule has 0 atom stereocenters. The van der Waals surface area contributed by atoms with Crippen molar-refractivity contribution < 1.29 is 23.8 Å². The topological polar surface area (TPSA) is 73.6 Å². The lowest BCUT2D eigenvalue weighted by molar-refractivity contribution is -0.136. The maximum Gasteiger partial charge on any atom is 0.303 e. The summed E-state index contributed by atoms with van der Waals surface area (Å²) in [4.78, 5) is 10.7. The number of aliphatic carboxylic acids is 1. The molecule has 0 fully saturated rings. The van der Waals surface area contributed by atoms with Crippen LogP contribution in [-0.4, -0.2) is 28.0 Å². The third kappa shape index (κ3) is 4.84. The van der Waals surface area contributed by atoms with Gasteiger partial charge in [0.1, 0.15) is 29.6 Å². The molecule has 0 aliphatic rings. The molecule has 140 valence electrons. The molecule has 0 aliphatic carbocycles. The Morgan fingerprint density at radius 3 is 2.81 bits per heavy atom. The second kappa shape index (κ2) is 8.35. The highest BCUT2D eigenvalue weighted by Crippen LogP contribution is 2.21. The Balaban J connectivity index is 1.67. The third-order valence-corrected chi connectivity index (χ3v) is 3.97. The van der Waals surface area contributed by atoms with Crippen LogP contribution in [0.1, 0.15) is 17.5 Å². The van der Waals surface area contributed by atoms with E-state index in [9.17, 15) is 9.18 Å². The van der Waals surface area contributed by atoms with Crippen molar-refractivity contribution in [2.24, 2.45) is 0 Å². The molecule has 3 aromatic rings. The van der Waals surface area contributed by atoms with Crippen molar-refractivity contribution in [1.82, 2.24) is 9.78 Å². The molecule has 0 amide bonds. The van der Waals surface area contributed by atoms with E-state index in [1.807, 2.05) is 18.2 Å². The van der Waals surface area contributed by atoms with Crippen molar-refractivity contribution in [3.05, 3.63) is 71.8 Å². The van der Waals surface area contributed by atoms with Gasteiger partial charge in [-0.15, -0.1) is 0 Å². The van der Waals surface area contributed by atoms with Crippen LogP contribution in [0.2, 0.25) is 0 Å². The van der Waals surface area contributed by atoms with Crippen molar-refractivity contribution in [3.8, 4) is 17.2 Å². The molecular weight excluding hydrogens is 351 g/mol. The zero-order valence-electron chi connectivity index (χ0n) is 14.8. The molecule has 1 aromatic heterocycles. The van der Waals surface area contributed by atoms with Crippen molar-refractivity contribution in [2.45, 2.75) is 19.4 Å². The third-order valence-electron chi connectivity index (χ3n) is 3.97. The van der Waals surface area contributed by atoms with E-state index in [1.54, 1.807) is 30.6 Å². The number of rotatable bonds is 8. The highest BCUT2D eigenvalue weighted by molar-refractivity contribution is 5.67. The van der Waals surface area contributed by atoms with E-state index in [1.165, 1.54) is 17.9 Å². The van der Waals surface area contributed by atoms with Crippen LogP contribution in [0.4, 0.5) is 4.39 Å². The van der Waals surface area contributed by atoms with Crippen LogP contribution in [0.3, 0.4) is 0 Å². The van der Waals surface area contributed by atoms with E-state index in [-0.39, 0.29) is 18.7 Å². The van der Waals surface area contributed by atoms with Gasteiger partial charge in [0.25, 0.3) is 0 Å². The van der Waals surface area contributed by atoms with Crippen LogP contribution in [0.5, 0.6) is 11.5 Å². The number of aromatic nitrogens is 2. The van der Waals surface area contributed by atoms with Gasteiger partial charge in [-0.05, 0) is 36.2 Å². The van der Waals surface area contributed by atoms with E-state index in [0.717, 1.165) is 11.1 Å². The number of carboxylic acids is 1. The van der Waals surface area contributed by atoms with Crippen LogP contribution in [0.15, 0.2) is 54.9 Å². The van der Waals surface area contributed by atoms with E-state index >= 15 is 0 Å². The van der Waals surface area contributed by atoms with Crippen molar-refractivity contribution in [2.75, 3.05) is 7.11 Å². The number of hydrogen-bond donors (Lipinski definition) is 1. The lowest BCUT2D eigenvalue weighted by Crippen LogP contribution is -2.00. The molecule has 27 heavy (non-hydrogen) atoms. The fourth-order valence-electron chi connectivity index (χ4n) is 2.57. The quantitative estimate of drug-likeness (QED) is 0.656. The Kier molecular flexibility index (Phi) is 5.71. The number of halogens is 1. The van der Waals surface area contributed by atoms with Gasteiger partial charge in [0.05, 0.1) is 13.3 Å².